The molecule has 0 bridgehead atoms. The number of nitrogens with one attached hydrogen (secondary N) is 2. The van der Waals surface area contributed by atoms with Gasteiger partial charge in [-0.25, -0.2) is 0 Å². The van der Waals surface area contributed by atoms with E-state index in [1.54, 1.807) is 6.20 Å². The van der Waals surface area contributed by atoms with Gasteiger partial charge in [0.05, 0.1) is 11.4 Å². The lowest BCUT2D eigenvalue weighted by molar-refractivity contribution is 1.03. The molecular weight excluding hydrogens is 150 g/mol. The van der Waals surface area contributed by atoms with Gasteiger partial charge in [-0.15, -0.1) is 0 Å². The summed E-state index contributed by atoms with van der Waals surface area (Å²) in [6.45, 7) is 0. The second-order valence-electron chi connectivity index (χ2n) is 2.31. The van der Waals surface area contributed by atoms with Crippen molar-refractivity contribution in [3.05, 3.63) is 36.3 Å². The summed E-state index contributed by atoms with van der Waals surface area (Å²) < 4.78 is 0. The van der Waals surface area contributed by atoms with Crippen molar-refractivity contribution in [2.45, 2.75) is 0 Å². The van der Waals surface area contributed by atoms with Gasteiger partial charge in [0.25, 0.3) is 0 Å². The fourth-order valence-corrected chi connectivity index (χ4v) is 0.941. The van der Waals surface area contributed by atoms with Gasteiger partial charge < -0.3 is 10.6 Å². The number of hydrogen-bond acceptors (Lipinski definition) is 3. The van der Waals surface area contributed by atoms with Crippen LogP contribution in [0.1, 0.15) is 5.69 Å². The molecule has 0 unspecified atom stereocenters. The van der Waals surface area contributed by atoms with Crippen LogP contribution in [0.2, 0.25) is 0 Å². The summed E-state index contributed by atoms with van der Waals surface area (Å²) >= 11 is 0. The lowest BCUT2D eigenvalue weighted by Gasteiger charge is -2.04. The van der Waals surface area contributed by atoms with Crippen molar-refractivity contribution in [2.24, 2.45) is 0 Å². The van der Waals surface area contributed by atoms with Crippen molar-refractivity contribution in [1.29, 1.82) is 0 Å². The van der Waals surface area contributed by atoms with Gasteiger partial charge in [0.15, 0.2) is 0 Å². The molecule has 0 aliphatic carbocycles. The quantitative estimate of drug-likeness (QED) is 0.692. The third-order valence-corrected chi connectivity index (χ3v) is 1.50. The summed E-state index contributed by atoms with van der Waals surface area (Å²) in [5.74, 6) is 0. The van der Waals surface area contributed by atoms with E-state index in [1.165, 1.54) is 0 Å². The average Bonchev–Trinajstić information content (AvgIpc) is 2.15. The maximum absolute atomic E-state index is 4.20. The zero-order valence-corrected chi connectivity index (χ0v) is 7.33. The number of pyridine rings is 1. The van der Waals surface area contributed by atoms with Crippen LogP contribution in [0.25, 0.3) is 5.70 Å². The fourth-order valence-electron chi connectivity index (χ4n) is 0.941. The topological polar surface area (TPSA) is 37.0 Å². The van der Waals surface area contributed by atoms with Crippen LogP contribution in [-0.4, -0.2) is 19.1 Å². The summed E-state index contributed by atoms with van der Waals surface area (Å²) in [5, 5.41) is 6.01. The third-order valence-electron chi connectivity index (χ3n) is 1.50. The molecule has 1 aromatic rings. The van der Waals surface area contributed by atoms with Gasteiger partial charge in [-0.2, -0.15) is 0 Å². The molecule has 0 amide bonds. The predicted octanol–water partition coefficient (Wildman–Crippen LogP) is 0.819. The Morgan fingerprint density at radius 3 is 2.75 bits per heavy atom. The first-order chi connectivity index (χ1) is 5.88. The molecule has 0 saturated carbocycles. The molecule has 2 N–H and O–H groups in total. The summed E-state index contributed by atoms with van der Waals surface area (Å²) in [6.07, 6.45) is 3.65. The molecule has 3 nitrogen and oxygen atoms in total. The maximum atomic E-state index is 4.20. The fraction of sp³-hybridized carbons (Fsp3) is 0.222. The van der Waals surface area contributed by atoms with Crippen LogP contribution in [0.3, 0.4) is 0 Å². The monoisotopic (exact) mass is 163 g/mol. The summed E-state index contributed by atoms with van der Waals surface area (Å²) in [5.41, 5.74) is 1.92. The van der Waals surface area contributed by atoms with E-state index in [0.717, 1.165) is 11.4 Å². The van der Waals surface area contributed by atoms with Gasteiger partial charge in [-0.3, -0.25) is 4.98 Å². The molecule has 0 aliphatic rings. The van der Waals surface area contributed by atoms with Gasteiger partial charge in [0, 0.05) is 26.5 Å². The predicted molar refractivity (Wildman–Crippen MR) is 50.3 cm³/mol. The van der Waals surface area contributed by atoms with Crippen LogP contribution in [0.15, 0.2) is 30.6 Å². The lowest BCUT2D eigenvalue weighted by atomic mass is 10.3. The van der Waals surface area contributed by atoms with Crippen molar-refractivity contribution in [3.8, 4) is 0 Å². The van der Waals surface area contributed by atoms with Gasteiger partial charge in [-0.05, 0) is 12.1 Å². The molecule has 0 aromatic carbocycles. The van der Waals surface area contributed by atoms with E-state index in [2.05, 4.69) is 15.6 Å². The number of hydrogen-bond donors (Lipinski definition) is 2. The molecule has 1 heterocycles. The van der Waals surface area contributed by atoms with E-state index < -0.39 is 0 Å². The Labute approximate surface area is 72.5 Å². The first-order valence-electron chi connectivity index (χ1n) is 3.85. The van der Waals surface area contributed by atoms with Crippen molar-refractivity contribution < 1.29 is 0 Å². The summed E-state index contributed by atoms with van der Waals surface area (Å²) in [6, 6.07) is 5.82. The van der Waals surface area contributed by atoms with Crippen molar-refractivity contribution in [2.75, 3.05) is 14.1 Å². The first kappa shape index (κ1) is 8.59. The second kappa shape index (κ2) is 4.38. The smallest absolute Gasteiger partial charge is 0.0875 e. The zero-order valence-electron chi connectivity index (χ0n) is 7.33. The normalized spacial score (nSPS) is 11.0. The minimum atomic E-state index is 0.939. The number of nitrogens with zero attached hydrogens (tertiary/aromatic N) is 1. The van der Waals surface area contributed by atoms with Gasteiger partial charge >= 0.3 is 0 Å². The second-order valence-corrected chi connectivity index (χ2v) is 2.31. The van der Waals surface area contributed by atoms with E-state index in [1.807, 2.05) is 38.5 Å². The highest BCUT2D eigenvalue weighted by molar-refractivity contribution is 5.59. The van der Waals surface area contributed by atoms with Crippen LogP contribution in [0.5, 0.6) is 0 Å². The Morgan fingerprint density at radius 1 is 1.42 bits per heavy atom. The van der Waals surface area contributed by atoms with E-state index >= 15 is 0 Å². The van der Waals surface area contributed by atoms with Crippen LogP contribution in [0, 0.1) is 0 Å². The number of rotatable bonds is 3. The van der Waals surface area contributed by atoms with Crippen LogP contribution >= 0.6 is 0 Å². The molecule has 0 spiro atoms. The molecule has 0 fully saturated rings. The van der Waals surface area contributed by atoms with Crippen molar-refractivity contribution in [1.82, 2.24) is 15.6 Å². The Balaban J connectivity index is 2.88. The molecule has 64 valence electrons. The van der Waals surface area contributed by atoms with E-state index in [-0.39, 0.29) is 0 Å². The minimum absolute atomic E-state index is 0.939. The van der Waals surface area contributed by atoms with Crippen LogP contribution < -0.4 is 10.6 Å². The van der Waals surface area contributed by atoms with Crippen LogP contribution in [0.4, 0.5) is 0 Å². The molecule has 0 aliphatic heterocycles. The highest BCUT2D eigenvalue weighted by atomic mass is 14.9. The summed E-state index contributed by atoms with van der Waals surface area (Å²) in [7, 11) is 3.73. The van der Waals surface area contributed by atoms with E-state index in [4.69, 9.17) is 0 Å². The molecule has 0 radical (unpaired) electrons. The van der Waals surface area contributed by atoms with E-state index in [0.29, 0.717) is 0 Å². The molecule has 1 rings (SSSR count). The Kier molecular flexibility index (Phi) is 3.14. The molecule has 1 aromatic heterocycles. The first-order valence-corrected chi connectivity index (χ1v) is 3.85. The maximum Gasteiger partial charge on any atom is 0.0875 e. The van der Waals surface area contributed by atoms with Gasteiger partial charge in [-0.1, -0.05) is 6.07 Å². The molecule has 0 saturated heterocycles. The molecule has 0 atom stereocenters. The van der Waals surface area contributed by atoms with Crippen molar-refractivity contribution >= 4 is 5.70 Å². The number of aromatic nitrogens is 1. The molecule has 12 heavy (non-hydrogen) atoms. The molecule has 3 heteroatoms. The van der Waals surface area contributed by atoms with Gasteiger partial charge in [0.1, 0.15) is 0 Å². The Morgan fingerprint density at radius 2 is 2.25 bits per heavy atom. The van der Waals surface area contributed by atoms with Crippen molar-refractivity contribution in [3.63, 3.8) is 0 Å². The molecular formula is C9H13N3. The summed E-state index contributed by atoms with van der Waals surface area (Å²) in [4.78, 5) is 4.20. The van der Waals surface area contributed by atoms with Crippen LogP contribution in [-0.2, 0) is 0 Å². The third kappa shape index (κ3) is 1.99. The Bertz CT molecular complexity index is 254. The lowest BCUT2D eigenvalue weighted by Crippen LogP contribution is -2.09. The van der Waals surface area contributed by atoms with Gasteiger partial charge in [0.2, 0.25) is 0 Å². The standard InChI is InChI=1S/C9H13N3/c1-10-7-9(11-2)8-5-3-4-6-12-8/h3-7,10-11H,1-2H3/b9-7-. The highest BCUT2D eigenvalue weighted by Crippen LogP contribution is 2.04. The minimum Gasteiger partial charge on any atom is -0.392 e. The average molecular weight is 163 g/mol. The van der Waals surface area contributed by atoms with E-state index in [9.17, 15) is 0 Å². The zero-order chi connectivity index (χ0) is 8.81. The SMILES string of the molecule is CN/C=C(\NC)c1ccccn1. The largest absolute Gasteiger partial charge is 0.392 e. The highest BCUT2D eigenvalue weighted by Gasteiger charge is 1.96. The Hall–Kier alpha value is -1.51.